The first-order chi connectivity index (χ1) is 30.5. The normalized spacial score (nSPS) is 47.8. The summed E-state index contributed by atoms with van der Waals surface area (Å²) in [4.78, 5) is 28.4. The van der Waals surface area contributed by atoms with E-state index in [-0.39, 0.29) is 16.6 Å². The van der Waals surface area contributed by atoms with Gasteiger partial charge >= 0.3 is 0 Å². The number of allylic oxidation sites excluding steroid dienone is 2. The molecule has 0 N–H and O–H groups in total. The molecule has 0 aromatic heterocycles. The van der Waals surface area contributed by atoms with Crippen molar-refractivity contribution in [3.63, 3.8) is 0 Å². The SMILES string of the molecule is CC(C)CCC[C@@H](C)C1CCC2C3CCC4=C(c5ccc(C6=C7CCC8C(CC[C@@]9(C)C8C[C@@H]8O[C@]%10(CCC(C)CO%10)[C@@H](C)[C@@H]89)[C@@]7(C)CCC6=O)cc5)C(=O)CC[C@]4(C)C3CC[C@@]21C. The summed E-state index contributed by atoms with van der Waals surface area (Å²) in [5.74, 6) is 8.82. The number of hydrogen-bond acceptors (Lipinski definition) is 4. The Labute approximate surface area is 388 Å². The minimum absolute atomic E-state index is 0.0613. The van der Waals surface area contributed by atoms with Crippen molar-refractivity contribution in [2.45, 2.75) is 203 Å². The molecule has 0 amide bonds. The molecule has 1 spiro atoms. The van der Waals surface area contributed by atoms with Gasteiger partial charge in [0.15, 0.2) is 17.4 Å². The summed E-state index contributed by atoms with van der Waals surface area (Å²) in [5.41, 5.74) is 8.17. The number of rotatable bonds is 7. The van der Waals surface area contributed by atoms with Crippen molar-refractivity contribution >= 4 is 22.7 Å². The zero-order valence-electron chi connectivity index (χ0n) is 41.8. The molecule has 8 aliphatic carbocycles. The molecule has 4 nitrogen and oxygen atoms in total. The number of carbonyl (C=O) groups excluding carboxylic acids is 2. The van der Waals surface area contributed by atoms with Crippen LogP contribution in [-0.2, 0) is 19.1 Å². The lowest BCUT2D eigenvalue weighted by molar-refractivity contribution is -0.272. The van der Waals surface area contributed by atoms with E-state index in [2.05, 4.69) is 86.6 Å². The van der Waals surface area contributed by atoms with Gasteiger partial charge in [0.2, 0.25) is 0 Å². The summed E-state index contributed by atoms with van der Waals surface area (Å²) < 4.78 is 13.7. The van der Waals surface area contributed by atoms with Crippen LogP contribution in [-0.4, -0.2) is 30.1 Å². The van der Waals surface area contributed by atoms with Crippen LogP contribution in [0.2, 0.25) is 0 Å². The van der Waals surface area contributed by atoms with Crippen molar-refractivity contribution in [2.24, 2.45) is 92.7 Å². The summed E-state index contributed by atoms with van der Waals surface area (Å²) in [6, 6.07) is 9.00. The molecular weight excluding hydrogens is 785 g/mol. The van der Waals surface area contributed by atoms with Crippen LogP contribution in [0.4, 0.5) is 0 Å². The van der Waals surface area contributed by atoms with Crippen LogP contribution in [0.3, 0.4) is 0 Å². The zero-order valence-corrected chi connectivity index (χ0v) is 41.8. The van der Waals surface area contributed by atoms with Crippen molar-refractivity contribution < 1.29 is 19.1 Å². The van der Waals surface area contributed by atoms with Crippen molar-refractivity contribution in [3.05, 3.63) is 46.5 Å². The van der Waals surface area contributed by atoms with Gasteiger partial charge in [0.1, 0.15) is 0 Å². The molecule has 1 aromatic carbocycles. The quantitative estimate of drug-likeness (QED) is 0.274. The van der Waals surface area contributed by atoms with E-state index in [9.17, 15) is 9.59 Å². The largest absolute Gasteiger partial charge is 0.349 e. The van der Waals surface area contributed by atoms with E-state index in [4.69, 9.17) is 9.47 Å². The minimum atomic E-state index is -0.362. The molecule has 1 aromatic rings. The van der Waals surface area contributed by atoms with Gasteiger partial charge in [-0.2, -0.15) is 0 Å². The van der Waals surface area contributed by atoms with Gasteiger partial charge in [-0.05, 0) is 188 Å². The Bertz CT molecular complexity index is 2080. The summed E-state index contributed by atoms with van der Waals surface area (Å²) in [7, 11) is 0. The average molecular weight is 871 g/mol. The van der Waals surface area contributed by atoms with Crippen LogP contribution in [0.1, 0.15) is 202 Å². The van der Waals surface area contributed by atoms with Gasteiger partial charge in [0.25, 0.3) is 0 Å². The molecule has 64 heavy (non-hydrogen) atoms. The lowest BCUT2D eigenvalue weighted by atomic mass is 9.45. The predicted molar refractivity (Wildman–Crippen MR) is 259 cm³/mol. The number of fused-ring (bicyclic) bond motifs is 12. The van der Waals surface area contributed by atoms with Crippen LogP contribution in [0.15, 0.2) is 35.4 Å². The van der Waals surface area contributed by atoms with E-state index in [0.717, 1.165) is 90.6 Å². The Balaban J connectivity index is 0.831. The molecule has 8 fully saturated rings. The average Bonchev–Trinajstić information content (AvgIpc) is 3.87. The first kappa shape index (κ1) is 44.5. The lowest BCUT2D eigenvalue weighted by Crippen LogP contribution is -2.52. The van der Waals surface area contributed by atoms with Crippen molar-refractivity contribution in [1.82, 2.24) is 0 Å². The van der Waals surface area contributed by atoms with E-state index in [0.29, 0.717) is 82.8 Å². The zero-order chi connectivity index (χ0) is 44.7. The van der Waals surface area contributed by atoms with E-state index in [1.165, 1.54) is 94.6 Å². The molecule has 2 aliphatic heterocycles. The van der Waals surface area contributed by atoms with Crippen molar-refractivity contribution in [1.29, 1.82) is 0 Å². The number of ketones is 2. The Kier molecular flexibility index (Phi) is 10.9. The van der Waals surface area contributed by atoms with E-state index >= 15 is 0 Å². The molecular formula is C60H86O4. The Morgan fingerprint density at radius 3 is 1.77 bits per heavy atom. The maximum absolute atomic E-state index is 14.2. The van der Waals surface area contributed by atoms with Gasteiger partial charge in [-0.25, -0.2) is 0 Å². The lowest BCUT2D eigenvalue weighted by Gasteiger charge is -2.59. The highest BCUT2D eigenvalue weighted by Crippen LogP contribution is 2.72. The molecule has 6 saturated carbocycles. The van der Waals surface area contributed by atoms with Crippen LogP contribution in [0, 0.1) is 92.7 Å². The van der Waals surface area contributed by atoms with Gasteiger partial charge in [-0.1, -0.05) is 117 Å². The summed E-state index contributed by atoms with van der Waals surface area (Å²) in [5, 5.41) is 0. The molecule has 2 heterocycles. The minimum Gasteiger partial charge on any atom is -0.349 e. The van der Waals surface area contributed by atoms with Crippen LogP contribution >= 0.6 is 0 Å². The molecule has 0 radical (unpaired) electrons. The summed E-state index contributed by atoms with van der Waals surface area (Å²) in [6.45, 7) is 23.4. The Morgan fingerprint density at radius 2 is 1.20 bits per heavy atom. The van der Waals surface area contributed by atoms with E-state index in [1.54, 1.807) is 0 Å². The maximum atomic E-state index is 14.2. The van der Waals surface area contributed by atoms with Crippen molar-refractivity contribution in [2.75, 3.05) is 6.61 Å². The second kappa shape index (κ2) is 15.8. The third-order valence-corrected chi connectivity index (χ3v) is 23.2. The topological polar surface area (TPSA) is 52.6 Å². The molecule has 0 bridgehead atoms. The van der Waals surface area contributed by atoms with Gasteiger partial charge in [-0.3, -0.25) is 9.59 Å². The highest BCUT2D eigenvalue weighted by atomic mass is 16.7. The molecule has 11 rings (SSSR count). The van der Waals surface area contributed by atoms with Crippen LogP contribution in [0.25, 0.3) is 11.1 Å². The number of ether oxygens (including phenoxy) is 2. The molecule has 10 aliphatic rings. The van der Waals surface area contributed by atoms with Crippen LogP contribution < -0.4 is 0 Å². The monoisotopic (exact) mass is 871 g/mol. The smallest absolute Gasteiger partial charge is 0.171 e. The summed E-state index contributed by atoms with van der Waals surface area (Å²) in [6.07, 6.45) is 23.9. The number of hydrogen-bond donors (Lipinski definition) is 0. The molecule has 350 valence electrons. The summed E-state index contributed by atoms with van der Waals surface area (Å²) >= 11 is 0. The number of carbonyl (C=O) groups is 2. The van der Waals surface area contributed by atoms with Crippen LogP contribution in [0.5, 0.6) is 0 Å². The van der Waals surface area contributed by atoms with E-state index < -0.39 is 0 Å². The first-order valence-electron chi connectivity index (χ1n) is 27.5. The van der Waals surface area contributed by atoms with Gasteiger partial charge in [0, 0.05) is 36.3 Å². The maximum Gasteiger partial charge on any atom is 0.171 e. The van der Waals surface area contributed by atoms with Gasteiger partial charge < -0.3 is 9.47 Å². The standard InChI is InChI=1S/C60H86O4/c1-35(2)11-10-12-37(4)43-21-22-44-41-17-19-47-53(50(61)26-30-57(47,7)45(41)24-28-56(43,44)6)39-13-15-40(16-14-39)54-48-20-18-42-46(58(48,8)31-27-51(54)62)25-29-59(9)49(42)33-52-55(59)38(5)60(64-52)32-23-36(3)34-63-60/h13-16,35-38,41-46,49,52,55H,10-12,17-34H2,1-9H3/t36?,37-,38+,41?,42?,43?,44?,45?,46?,49?,52+,55+,56-,57-,58-,59+,60-/m1/s1. The third-order valence-electron chi connectivity index (χ3n) is 23.2. The second-order valence-electron chi connectivity index (χ2n) is 26.3. The molecule has 4 heteroatoms. The second-order valence-corrected chi connectivity index (χ2v) is 26.3. The van der Waals surface area contributed by atoms with Gasteiger partial charge in [0.05, 0.1) is 12.7 Å². The fourth-order valence-corrected chi connectivity index (χ4v) is 19.9. The Hall–Kier alpha value is -2.04. The van der Waals surface area contributed by atoms with Crippen molar-refractivity contribution in [3.8, 4) is 0 Å². The number of Topliss-reactive ketones (excluding diaryl/α,β-unsaturated/α-hetero) is 2. The predicted octanol–water partition coefficient (Wildman–Crippen LogP) is 14.9. The highest BCUT2D eigenvalue weighted by Gasteiger charge is 2.69. The number of benzene rings is 1. The fraction of sp³-hybridized carbons (Fsp3) is 0.800. The van der Waals surface area contributed by atoms with Gasteiger partial charge in [-0.15, -0.1) is 0 Å². The third kappa shape index (κ3) is 6.44. The first-order valence-corrected chi connectivity index (χ1v) is 27.5. The molecule has 17 atom stereocenters. The molecule has 2 saturated heterocycles. The molecule has 8 unspecified atom stereocenters. The fourth-order valence-electron chi connectivity index (χ4n) is 19.9. The highest BCUT2D eigenvalue weighted by molar-refractivity contribution is 6.24. The Morgan fingerprint density at radius 1 is 0.625 bits per heavy atom. The van der Waals surface area contributed by atoms with E-state index in [1.807, 2.05) is 0 Å².